The Kier molecular flexibility index (Phi) is 7.19. The van der Waals surface area contributed by atoms with E-state index in [-0.39, 0.29) is 5.91 Å². The van der Waals surface area contributed by atoms with Crippen molar-refractivity contribution in [2.45, 2.75) is 19.9 Å². The summed E-state index contributed by atoms with van der Waals surface area (Å²) in [5.41, 5.74) is 2.79. The molecule has 1 aliphatic rings. The molecule has 1 fully saturated rings. The Bertz CT molecular complexity index is 941. The molecule has 0 unspecified atom stereocenters. The lowest BCUT2D eigenvalue weighted by molar-refractivity contribution is -0.114. The normalized spacial score (nSPS) is 16.6. The number of hydrogen-bond acceptors (Lipinski definition) is 4. The number of nitrogens with zero attached hydrogens (tertiary/aromatic N) is 2. The molecule has 1 heterocycles. The zero-order valence-corrected chi connectivity index (χ0v) is 17.4. The highest BCUT2D eigenvalue weighted by Gasteiger charge is 2.23. The molecule has 0 aromatic heterocycles. The molecule has 6 nitrogen and oxygen atoms in total. The van der Waals surface area contributed by atoms with Crippen LogP contribution in [-0.4, -0.2) is 49.7 Å². The number of carbonyl (C=O) groups excluding carboxylic acids is 1. The summed E-state index contributed by atoms with van der Waals surface area (Å²) < 4.78 is 26.9. The third-order valence-electron chi connectivity index (χ3n) is 4.82. The lowest BCUT2D eigenvalue weighted by Crippen LogP contribution is -2.33. The maximum absolute atomic E-state index is 12.7. The molecule has 0 bridgehead atoms. The number of hydrogen-bond donors (Lipinski definition) is 1. The molecule has 7 heteroatoms. The van der Waals surface area contributed by atoms with Gasteiger partial charge in [-0.15, -0.1) is 0 Å². The van der Waals surface area contributed by atoms with Gasteiger partial charge in [-0.05, 0) is 42.3 Å². The molecule has 1 aliphatic heterocycles. The highest BCUT2D eigenvalue weighted by atomic mass is 32.2. The second-order valence-corrected chi connectivity index (χ2v) is 8.98. The van der Waals surface area contributed by atoms with Crippen molar-refractivity contribution in [1.82, 2.24) is 9.21 Å². The molecule has 1 saturated heterocycles. The number of nitrogens with one attached hydrogen (secondary N) is 1. The van der Waals surface area contributed by atoms with Gasteiger partial charge in [-0.3, -0.25) is 9.69 Å². The molecule has 0 saturated carbocycles. The fourth-order valence-electron chi connectivity index (χ4n) is 3.33. The average Bonchev–Trinajstić information content (AvgIpc) is 2.95. The van der Waals surface area contributed by atoms with Crippen LogP contribution in [0.5, 0.6) is 0 Å². The van der Waals surface area contributed by atoms with Gasteiger partial charge in [0.25, 0.3) is 0 Å². The number of amides is 1. The van der Waals surface area contributed by atoms with E-state index in [1.165, 1.54) is 12.3 Å². The Morgan fingerprint density at radius 3 is 2.41 bits per heavy atom. The van der Waals surface area contributed by atoms with Gasteiger partial charge in [0.2, 0.25) is 15.9 Å². The van der Waals surface area contributed by atoms with E-state index in [0.29, 0.717) is 19.6 Å². The quantitative estimate of drug-likeness (QED) is 0.790. The summed E-state index contributed by atoms with van der Waals surface area (Å²) in [6.07, 6.45) is 2.44. The standard InChI is InChI=1S/C22H27N3O3S/c1-19(26)23-22-10-8-21(9-11-22)18-24-13-5-14-25(16-15-24)29(27,28)17-12-20-6-3-2-4-7-20/h2-4,6-12,17H,5,13-16,18H2,1H3,(H,23,26). The van der Waals surface area contributed by atoms with Crippen molar-refractivity contribution in [3.63, 3.8) is 0 Å². The number of carbonyl (C=O) groups is 1. The van der Waals surface area contributed by atoms with Crippen molar-refractivity contribution >= 4 is 27.7 Å². The van der Waals surface area contributed by atoms with Crippen LogP contribution in [0, 0.1) is 0 Å². The first kappa shape index (κ1) is 21.2. The van der Waals surface area contributed by atoms with Crippen LogP contribution in [0.1, 0.15) is 24.5 Å². The second-order valence-electron chi connectivity index (χ2n) is 7.17. The molecule has 2 aromatic carbocycles. The monoisotopic (exact) mass is 413 g/mol. The van der Waals surface area contributed by atoms with E-state index in [9.17, 15) is 13.2 Å². The first-order valence-electron chi connectivity index (χ1n) is 9.74. The topological polar surface area (TPSA) is 69.7 Å². The minimum absolute atomic E-state index is 0.0899. The van der Waals surface area contributed by atoms with Gasteiger partial charge in [0.05, 0.1) is 0 Å². The molecule has 3 rings (SSSR count). The van der Waals surface area contributed by atoms with Crippen molar-refractivity contribution < 1.29 is 13.2 Å². The molecule has 0 spiro atoms. The molecule has 2 aromatic rings. The van der Waals surface area contributed by atoms with Crippen LogP contribution < -0.4 is 5.32 Å². The summed E-state index contributed by atoms with van der Waals surface area (Å²) in [7, 11) is -3.43. The van der Waals surface area contributed by atoms with Crippen molar-refractivity contribution in [2.75, 3.05) is 31.5 Å². The lowest BCUT2D eigenvalue weighted by atomic mass is 10.2. The second kappa shape index (κ2) is 9.82. The highest BCUT2D eigenvalue weighted by Crippen LogP contribution is 2.15. The Balaban J connectivity index is 1.57. The third-order valence-corrected chi connectivity index (χ3v) is 6.38. The summed E-state index contributed by atoms with van der Waals surface area (Å²) in [5.74, 6) is -0.0899. The SMILES string of the molecule is CC(=O)Nc1ccc(CN2CCCN(S(=O)(=O)C=Cc3ccccc3)CC2)cc1. The minimum Gasteiger partial charge on any atom is -0.326 e. The molecule has 0 radical (unpaired) electrons. The van der Waals surface area contributed by atoms with E-state index >= 15 is 0 Å². The Hall–Kier alpha value is -2.48. The first-order valence-corrected chi connectivity index (χ1v) is 11.2. The van der Waals surface area contributed by atoms with Crippen LogP contribution in [-0.2, 0) is 21.4 Å². The summed E-state index contributed by atoms with van der Waals surface area (Å²) in [5, 5.41) is 4.06. The Labute approximate surface area is 172 Å². The van der Waals surface area contributed by atoms with Crippen LogP contribution in [0.2, 0.25) is 0 Å². The van der Waals surface area contributed by atoms with E-state index in [0.717, 1.165) is 36.3 Å². The molecule has 29 heavy (non-hydrogen) atoms. The van der Waals surface area contributed by atoms with Gasteiger partial charge >= 0.3 is 0 Å². The smallest absolute Gasteiger partial charge is 0.236 e. The first-order chi connectivity index (χ1) is 13.9. The Morgan fingerprint density at radius 2 is 1.72 bits per heavy atom. The van der Waals surface area contributed by atoms with E-state index in [2.05, 4.69) is 10.2 Å². The van der Waals surface area contributed by atoms with Gasteiger partial charge < -0.3 is 5.32 Å². The van der Waals surface area contributed by atoms with E-state index in [1.807, 2.05) is 54.6 Å². The third kappa shape index (κ3) is 6.52. The maximum Gasteiger partial charge on any atom is 0.236 e. The van der Waals surface area contributed by atoms with Gasteiger partial charge in [0.1, 0.15) is 0 Å². The van der Waals surface area contributed by atoms with Crippen LogP contribution in [0.25, 0.3) is 6.08 Å². The van der Waals surface area contributed by atoms with Crippen molar-refractivity contribution in [3.05, 3.63) is 71.1 Å². The maximum atomic E-state index is 12.7. The molecular weight excluding hydrogens is 386 g/mol. The van der Waals surface area contributed by atoms with E-state index < -0.39 is 10.0 Å². The molecular formula is C22H27N3O3S. The van der Waals surface area contributed by atoms with Gasteiger partial charge in [0.15, 0.2) is 0 Å². The highest BCUT2D eigenvalue weighted by molar-refractivity contribution is 7.92. The van der Waals surface area contributed by atoms with Gasteiger partial charge in [0, 0.05) is 44.2 Å². The van der Waals surface area contributed by atoms with E-state index in [4.69, 9.17) is 0 Å². The summed E-state index contributed by atoms with van der Waals surface area (Å²) in [4.78, 5) is 13.4. The number of rotatable bonds is 6. The van der Waals surface area contributed by atoms with Crippen molar-refractivity contribution in [1.29, 1.82) is 0 Å². The van der Waals surface area contributed by atoms with Crippen LogP contribution in [0.4, 0.5) is 5.69 Å². The van der Waals surface area contributed by atoms with E-state index in [1.54, 1.807) is 10.4 Å². The van der Waals surface area contributed by atoms with Crippen LogP contribution in [0.3, 0.4) is 0 Å². The lowest BCUT2D eigenvalue weighted by Gasteiger charge is -2.21. The minimum atomic E-state index is -3.43. The van der Waals surface area contributed by atoms with Gasteiger partial charge in [-0.2, -0.15) is 4.31 Å². The molecule has 0 atom stereocenters. The predicted octanol–water partition coefficient (Wildman–Crippen LogP) is 3.15. The molecule has 154 valence electrons. The summed E-state index contributed by atoms with van der Waals surface area (Å²) in [6, 6.07) is 17.2. The summed E-state index contributed by atoms with van der Waals surface area (Å²) in [6.45, 7) is 4.78. The van der Waals surface area contributed by atoms with Crippen LogP contribution >= 0.6 is 0 Å². The predicted molar refractivity (Wildman–Crippen MR) is 117 cm³/mol. The number of benzene rings is 2. The fourth-order valence-corrected chi connectivity index (χ4v) is 4.55. The number of anilines is 1. The van der Waals surface area contributed by atoms with Crippen LogP contribution in [0.15, 0.2) is 60.0 Å². The fraction of sp³-hybridized carbons (Fsp3) is 0.318. The average molecular weight is 414 g/mol. The largest absolute Gasteiger partial charge is 0.326 e. The molecule has 0 aliphatic carbocycles. The zero-order chi connectivity index (χ0) is 20.7. The molecule has 1 amide bonds. The number of sulfonamides is 1. The summed E-state index contributed by atoms with van der Waals surface area (Å²) >= 11 is 0. The van der Waals surface area contributed by atoms with Gasteiger partial charge in [-0.1, -0.05) is 42.5 Å². The van der Waals surface area contributed by atoms with Crippen molar-refractivity contribution in [2.24, 2.45) is 0 Å². The van der Waals surface area contributed by atoms with Gasteiger partial charge in [-0.25, -0.2) is 8.42 Å². The van der Waals surface area contributed by atoms with Crippen molar-refractivity contribution in [3.8, 4) is 0 Å². The zero-order valence-electron chi connectivity index (χ0n) is 16.6. The molecule has 1 N–H and O–H groups in total. The Morgan fingerprint density at radius 1 is 1.00 bits per heavy atom.